The first-order chi connectivity index (χ1) is 26.5. The Morgan fingerprint density at radius 3 is 1.35 bits per heavy atom. The molecule has 0 heterocycles. The van der Waals surface area contributed by atoms with Crippen LogP contribution in [0, 0.1) is 0 Å². The van der Waals surface area contributed by atoms with E-state index in [9.17, 15) is 14.4 Å². The molecule has 0 bridgehead atoms. The SMILES string of the molecule is CC/C=C\C/C=C\C/C=C\C/C=C\C/C=C\CCC(=O)OCC(COC(=O)CCCC/C=C\C/C=C\CC)OC(=O)CCCCC/C=C\C=C/CCCC. The van der Waals surface area contributed by atoms with E-state index in [-0.39, 0.29) is 44.0 Å². The normalized spacial score (nSPS) is 13.2. The third-order valence-corrected chi connectivity index (χ3v) is 8.03. The molecule has 0 saturated carbocycles. The molecule has 6 heteroatoms. The molecule has 0 radical (unpaired) electrons. The molecule has 0 saturated heterocycles. The van der Waals surface area contributed by atoms with Crippen LogP contribution in [0.2, 0.25) is 0 Å². The van der Waals surface area contributed by atoms with Crippen LogP contribution in [0.1, 0.15) is 156 Å². The minimum atomic E-state index is -0.833. The van der Waals surface area contributed by atoms with Gasteiger partial charge in [0.25, 0.3) is 0 Å². The van der Waals surface area contributed by atoms with E-state index in [1.165, 1.54) is 12.8 Å². The Balaban J connectivity index is 4.58. The molecule has 0 aliphatic heterocycles. The number of carbonyl (C=O) groups excluding carboxylic acids is 3. The molecule has 1 atom stereocenters. The summed E-state index contributed by atoms with van der Waals surface area (Å²) in [5, 5.41) is 0. The number of rotatable bonds is 35. The van der Waals surface area contributed by atoms with Crippen LogP contribution in [0.15, 0.2) is 109 Å². The van der Waals surface area contributed by atoms with Gasteiger partial charge in [-0.1, -0.05) is 149 Å². The van der Waals surface area contributed by atoms with Gasteiger partial charge < -0.3 is 14.2 Å². The topological polar surface area (TPSA) is 78.9 Å². The third-order valence-electron chi connectivity index (χ3n) is 8.03. The number of esters is 3. The van der Waals surface area contributed by atoms with Crippen molar-refractivity contribution in [2.75, 3.05) is 13.2 Å². The van der Waals surface area contributed by atoms with Gasteiger partial charge in [-0.3, -0.25) is 14.4 Å². The minimum Gasteiger partial charge on any atom is -0.462 e. The van der Waals surface area contributed by atoms with Crippen molar-refractivity contribution in [3.63, 3.8) is 0 Å². The van der Waals surface area contributed by atoms with Gasteiger partial charge in [0.15, 0.2) is 6.10 Å². The molecule has 0 aromatic heterocycles. The molecule has 1 unspecified atom stereocenters. The lowest BCUT2D eigenvalue weighted by Gasteiger charge is -2.18. The molecule has 0 spiro atoms. The quantitative estimate of drug-likeness (QED) is 0.0211. The smallest absolute Gasteiger partial charge is 0.306 e. The summed E-state index contributed by atoms with van der Waals surface area (Å²) in [5.74, 6) is -1.10. The average Bonchev–Trinajstić information content (AvgIpc) is 3.17. The van der Waals surface area contributed by atoms with Crippen molar-refractivity contribution in [1.29, 1.82) is 0 Å². The fourth-order valence-electron chi connectivity index (χ4n) is 4.91. The van der Waals surface area contributed by atoms with Gasteiger partial charge in [-0.15, -0.1) is 0 Å². The zero-order chi connectivity index (χ0) is 39.4. The van der Waals surface area contributed by atoms with Crippen LogP contribution in [0.3, 0.4) is 0 Å². The predicted octanol–water partition coefficient (Wildman–Crippen LogP) is 13.2. The van der Waals surface area contributed by atoms with Crippen LogP contribution >= 0.6 is 0 Å². The van der Waals surface area contributed by atoms with Crippen molar-refractivity contribution in [2.45, 2.75) is 162 Å². The molecule has 6 nitrogen and oxygen atoms in total. The number of hydrogen-bond donors (Lipinski definition) is 0. The summed E-state index contributed by atoms with van der Waals surface area (Å²) in [4.78, 5) is 37.5. The maximum atomic E-state index is 12.6. The molecule has 0 amide bonds. The van der Waals surface area contributed by atoms with Crippen LogP contribution in [0.5, 0.6) is 0 Å². The second kappa shape index (κ2) is 41.8. The maximum absolute atomic E-state index is 12.6. The highest BCUT2D eigenvalue weighted by molar-refractivity contribution is 5.71. The largest absolute Gasteiger partial charge is 0.462 e. The first kappa shape index (κ1) is 50.1. The Hall–Kier alpha value is -3.93. The Morgan fingerprint density at radius 1 is 0.407 bits per heavy atom. The van der Waals surface area contributed by atoms with Crippen molar-refractivity contribution < 1.29 is 28.6 Å². The summed E-state index contributed by atoms with van der Waals surface area (Å²) in [6, 6.07) is 0. The molecule has 302 valence electrons. The summed E-state index contributed by atoms with van der Waals surface area (Å²) in [7, 11) is 0. The van der Waals surface area contributed by atoms with Gasteiger partial charge in [-0.2, -0.15) is 0 Å². The lowest BCUT2D eigenvalue weighted by atomic mass is 10.1. The molecule has 0 aromatic carbocycles. The van der Waals surface area contributed by atoms with E-state index in [0.29, 0.717) is 25.7 Å². The highest BCUT2D eigenvalue weighted by Gasteiger charge is 2.19. The van der Waals surface area contributed by atoms with Crippen molar-refractivity contribution in [3.8, 4) is 0 Å². The fraction of sp³-hybridized carbons (Fsp3) is 0.562. The monoisotopic (exact) mass is 747 g/mol. The van der Waals surface area contributed by atoms with Crippen LogP contribution in [0.25, 0.3) is 0 Å². The summed E-state index contributed by atoms with van der Waals surface area (Å²) in [5.41, 5.74) is 0. The Bertz CT molecular complexity index is 1180. The fourth-order valence-corrected chi connectivity index (χ4v) is 4.91. The first-order valence-electron chi connectivity index (χ1n) is 20.9. The summed E-state index contributed by atoms with van der Waals surface area (Å²) in [6.07, 6.45) is 55.3. The standard InChI is InChI=1S/C48H74O6/c1-4-7-10-13-16-19-21-22-23-24-25-27-29-32-35-38-41-47(50)53-44-45(43-52-46(49)40-37-34-31-28-18-15-12-9-6-3)54-48(51)42-39-36-33-30-26-20-17-14-11-8-5-2/h7,9-10,12,14,16-20,22-23,25-28,32,35,45H,4-6,8,11,13,15,21,24,29-31,33-34,36-44H2,1-3H3/b10-7-,12-9-,17-14-,19-16-,23-22-,26-20-,27-25-,28-18-,35-32-. The summed E-state index contributed by atoms with van der Waals surface area (Å²) < 4.78 is 16.5. The summed E-state index contributed by atoms with van der Waals surface area (Å²) in [6.45, 7) is 6.17. The Kier molecular flexibility index (Phi) is 38.8. The molecule has 0 rings (SSSR count). The van der Waals surface area contributed by atoms with Crippen LogP contribution in [-0.4, -0.2) is 37.2 Å². The van der Waals surface area contributed by atoms with E-state index >= 15 is 0 Å². The highest BCUT2D eigenvalue weighted by Crippen LogP contribution is 2.09. The van der Waals surface area contributed by atoms with E-state index in [0.717, 1.165) is 83.5 Å². The van der Waals surface area contributed by atoms with Gasteiger partial charge in [0.1, 0.15) is 13.2 Å². The Labute approximate surface area is 330 Å². The van der Waals surface area contributed by atoms with Gasteiger partial charge in [0.05, 0.1) is 0 Å². The number of allylic oxidation sites excluding steroid dienone is 18. The van der Waals surface area contributed by atoms with Gasteiger partial charge >= 0.3 is 17.9 Å². The van der Waals surface area contributed by atoms with E-state index in [4.69, 9.17) is 14.2 Å². The zero-order valence-corrected chi connectivity index (χ0v) is 34.2. The molecule has 0 N–H and O–H groups in total. The zero-order valence-electron chi connectivity index (χ0n) is 34.2. The van der Waals surface area contributed by atoms with Crippen molar-refractivity contribution in [1.82, 2.24) is 0 Å². The first-order valence-corrected chi connectivity index (χ1v) is 20.9. The number of carbonyl (C=O) groups is 3. The maximum Gasteiger partial charge on any atom is 0.306 e. The molecular formula is C48H74O6. The third kappa shape index (κ3) is 39.3. The van der Waals surface area contributed by atoms with Gasteiger partial charge in [0, 0.05) is 19.3 Å². The highest BCUT2D eigenvalue weighted by atomic mass is 16.6. The van der Waals surface area contributed by atoms with E-state index < -0.39 is 6.10 Å². The average molecular weight is 747 g/mol. The van der Waals surface area contributed by atoms with E-state index in [1.54, 1.807) is 0 Å². The number of ether oxygens (including phenoxy) is 3. The van der Waals surface area contributed by atoms with Crippen molar-refractivity contribution >= 4 is 17.9 Å². The molecule has 0 aliphatic carbocycles. The van der Waals surface area contributed by atoms with Crippen molar-refractivity contribution in [2.24, 2.45) is 0 Å². The lowest BCUT2D eigenvalue weighted by molar-refractivity contribution is -0.166. The predicted molar refractivity (Wildman–Crippen MR) is 228 cm³/mol. The van der Waals surface area contributed by atoms with Crippen molar-refractivity contribution in [3.05, 3.63) is 109 Å². The molecule has 0 fully saturated rings. The van der Waals surface area contributed by atoms with Gasteiger partial charge in [-0.05, 0) is 96.3 Å². The minimum absolute atomic E-state index is 0.132. The van der Waals surface area contributed by atoms with Gasteiger partial charge in [0.2, 0.25) is 0 Å². The van der Waals surface area contributed by atoms with E-state index in [1.807, 2.05) is 12.2 Å². The summed E-state index contributed by atoms with van der Waals surface area (Å²) >= 11 is 0. The second-order valence-corrected chi connectivity index (χ2v) is 13.2. The lowest BCUT2D eigenvalue weighted by Crippen LogP contribution is -2.30. The molecule has 0 aliphatic rings. The second-order valence-electron chi connectivity index (χ2n) is 13.2. The Morgan fingerprint density at radius 2 is 0.815 bits per heavy atom. The molecule has 0 aromatic rings. The van der Waals surface area contributed by atoms with Gasteiger partial charge in [-0.25, -0.2) is 0 Å². The molecule has 54 heavy (non-hydrogen) atoms. The van der Waals surface area contributed by atoms with Crippen LogP contribution in [0.4, 0.5) is 0 Å². The number of hydrogen-bond acceptors (Lipinski definition) is 6. The molecular weight excluding hydrogens is 673 g/mol. The van der Waals surface area contributed by atoms with Crippen LogP contribution < -0.4 is 0 Å². The van der Waals surface area contributed by atoms with Crippen LogP contribution in [-0.2, 0) is 28.6 Å². The number of unbranched alkanes of at least 4 members (excludes halogenated alkanes) is 7. The van der Waals surface area contributed by atoms with E-state index in [2.05, 4.69) is 118 Å².